The van der Waals surface area contributed by atoms with Crippen molar-refractivity contribution in [1.82, 2.24) is 15.1 Å². The quantitative estimate of drug-likeness (QED) is 0.750. The van der Waals surface area contributed by atoms with Crippen LogP contribution in [0.15, 0.2) is 18.2 Å². The van der Waals surface area contributed by atoms with Crippen LogP contribution in [0.5, 0.6) is 0 Å². The van der Waals surface area contributed by atoms with Gasteiger partial charge in [0.15, 0.2) is 0 Å². The Bertz CT molecular complexity index is 865. The molecule has 1 aromatic carbocycles. The van der Waals surface area contributed by atoms with E-state index >= 15 is 0 Å². The first kappa shape index (κ1) is 17.8. The van der Waals surface area contributed by atoms with Crippen molar-refractivity contribution in [3.63, 3.8) is 0 Å². The smallest absolute Gasteiger partial charge is 0.255 e. The Morgan fingerprint density at radius 3 is 2.75 bits per heavy atom. The van der Waals surface area contributed by atoms with Crippen molar-refractivity contribution >= 4 is 17.7 Å². The summed E-state index contributed by atoms with van der Waals surface area (Å²) in [5.74, 6) is -0.0172. The summed E-state index contributed by atoms with van der Waals surface area (Å²) in [5, 5.41) is 2.35. The normalized spacial score (nSPS) is 32.2. The summed E-state index contributed by atoms with van der Waals surface area (Å²) in [6, 6.07) is 5.53. The van der Waals surface area contributed by atoms with E-state index in [4.69, 9.17) is 5.73 Å². The Labute approximate surface area is 164 Å². The number of benzene rings is 1. The van der Waals surface area contributed by atoms with Gasteiger partial charge < -0.3 is 10.6 Å². The second-order valence-corrected chi connectivity index (χ2v) is 8.64. The predicted molar refractivity (Wildman–Crippen MR) is 102 cm³/mol. The molecule has 3 fully saturated rings. The maximum atomic E-state index is 13.0. The first-order valence-corrected chi connectivity index (χ1v) is 10.2. The molecule has 2 saturated heterocycles. The largest absolute Gasteiger partial charge is 0.329 e. The number of piperidine rings is 1. The number of carbonyl (C=O) groups is 3. The highest BCUT2D eigenvalue weighted by Crippen LogP contribution is 2.50. The van der Waals surface area contributed by atoms with E-state index in [9.17, 15) is 14.4 Å². The van der Waals surface area contributed by atoms with Gasteiger partial charge in [0.05, 0.1) is 0 Å². The van der Waals surface area contributed by atoms with Gasteiger partial charge in [0.2, 0.25) is 11.8 Å². The van der Waals surface area contributed by atoms with Crippen molar-refractivity contribution < 1.29 is 14.4 Å². The second kappa shape index (κ2) is 6.39. The third-order valence-electron chi connectivity index (χ3n) is 7.38. The summed E-state index contributed by atoms with van der Waals surface area (Å²) in [7, 11) is 0. The predicted octanol–water partition coefficient (Wildman–Crippen LogP) is 0.761. The van der Waals surface area contributed by atoms with Gasteiger partial charge in [-0.25, -0.2) is 0 Å². The zero-order valence-electron chi connectivity index (χ0n) is 15.9. The van der Waals surface area contributed by atoms with Crippen molar-refractivity contribution in [2.45, 2.75) is 56.8 Å². The van der Waals surface area contributed by atoms with Crippen LogP contribution in [0, 0.1) is 5.92 Å². The Kier molecular flexibility index (Phi) is 4.07. The number of nitrogens with zero attached hydrogens (tertiary/aromatic N) is 2. The first-order chi connectivity index (χ1) is 13.5. The minimum Gasteiger partial charge on any atom is -0.329 e. The monoisotopic (exact) mass is 382 g/mol. The molecule has 4 aliphatic rings. The minimum absolute atomic E-state index is 0.108. The van der Waals surface area contributed by atoms with Gasteiger partial charge in [-0.15, -0.1) is 0 Å². The lowest BCUT2D eigenvalue weighted by Crippen LogP contribution is -2.58. The Morgan fingerprint density at radius 2 is 2.04 bits per heavy atom. The van der Waals surface area contributed by atoms with E-state index in [2.05, 4.69) is 16.3 Å². The van der Waals surface area contributed by atoms with Crippen molar-refractivity contribution in [2.75, 3.05) is 13.1 Å². The number of hydrogen-bond donors (Lipinski definition) is 2. The van der Waals surface area contributed by atoms with Gasteiger partial charge in [-0.05, 0) is 55.3 Å². The van der Waals surface area contributed by atoms with Crippen LogP contribution in [0.25, 0.3) is 0 Å². The van der Waals surface area contributed by atoms with Crippen LogP contribution >= 0.6 is 0 Å². The third-order valence-corrected chi connectivity index (χ3v) is 7.38. The minimum atomic E-state index is -0.559. The van der Waals surface area contributed by atoms with E-state index in [1.807, 2.05) is 12.1 Å². The van der Waals surface area contributed by atoms with E-state index in [-0.39, 0.29) is 29.7 Å². The van der Waals surface area contributed by atoms with Crippen molar-refractivity contribution in [3.05, 3.63) is 34.9 Å². The van der Waals surface area contributed by atoms with Gasteiger partial charge >= 0.3 is 0 Å². The Hall–Kier alpha value is -2.25. The molecule has 7 heteroatoms. The average Bonchev–Trinajstić information content (AvgIpc) is 3.09. The van der Waals surface area contributed by atoms with Gasteiger partial charge in [0, 0.05) is 37.2 Å². The summed E-state index contributed by atoms with van der Waals surface area (Å²) >= 11 is 0. The van der Waals surface area contributed by atoms with Crippen molar-refractivity contribution in [1.29, 1.82) is 0 Å². The van der Waals surface area contributed by atoms with E-state index in [1.54, 1.807) is 4.90 Å². The highest BCUT2D eigenvalue weighted by Gasteiger charge is 2.53. The molecule has 3 amide bonds. The maximum Gasteiger partial charge on any atom is 0.255 e. The van der Waals surface area contributed by atoms with Gasteiger partial charge in [0.25, 0.3) is 5.91 Å². The number of amides is 3. The molecule has 3 unspecified atom stereocenters. The standard InChI is InChI=1S/C21H26N4O3/c22-12-21-7-5-15(21)6-8-24(21)10-13-1-2-14-11-25(20(28)16(14)9-13)17-3-4-18(26)23-19(17)27/h1-2,9,15,17H,3-8,10-12,22H2,(H,23,26,27). The number of nitrogens with one attached hydrogen (secondary N) is 1. The summed E-state index contributed by atoms with van der Waals surface area (Å²) in [6.45, 7) is 3.01. The molecule has 5 rings (SSSR count). The molecule has 1 saturated carbocycles. The Balaban J connectivity index is 1.34. The molecule has 0 aromatic heterocycles. The molecule has 3 aliphatic heterocycles. The van der Waals surface area contributed by atoms with E-state index in [1.165, 1.54) is 19.3 Å². The maximum absolute atomic E-state index is 13.0. The van der Waals surface area contributed by atoms with Crippen LogP contribution in [0.3, 0.4) is 0 Å². The molecule has 3 N–H and O–H groups in total. The van der Waals surface area contributed by atoms with Crippen LogP contribution in [-0.4, -0.2) is 52.2 Å². The topological polar surface area (TPSA) is 95.7 Å². The van der Waals surface area contributed by atoms with Crippen molar-refractivity contribution in [3.8, 4) is 0 Å². The lowest BCUT2D eigenvalue weighted by atomic mass is 9.67. The van der Waals surface area contributed by atoms with Crippen LogP contribution in [-0.2, 0) is 22.7 Å². The molecule has 0 spiro atoms. The zero-order valence-corrected chi connectivity index (χ0v) is 15.9. The first-order valence-electron chi connectivity index (χ1n) is 10.2. The number of carbonyl (C=O) groups excluding carboxylic acids is 3. The molecule has 3 atom stereocenters. The molecule has 148 valence electrons. The van der Waals surface area contributed by atoms with Gasteiger partial charge in [-0.3, -0.25) is 24.6 Å². The molecule has 1 aliphatic carbocycles. The van der Waals surface area contributed by atoms with Gasteiger partial charge in [-0.1, -0.05) is 12.1 Å². The SMILES string of the molecule is NCC12CCC1CCN2Cc1ccc2c(c1)C(=O)N(C1CCC(=O)NC1=O)C2. The lowest BCUT2D eigenvalue weighted by molar-refractivity contribution is -0.136. The number of nitrogens with two attached hydrogens (primary N) is 1. The molecule has 7 nitrogen and oxygen atoms in total. The third kappa shape index (κ3) is 2.53. The van der Waals surface area contributed by atoms with E-state index < -0.39 is 6.04 Å². The summed E-state index contributed by atoms with van der Waals surface area (Å²) in [4.78, 5) is 40.7. The fraction of sp³-hybridized carbons (Fsp3) is 0.571. The van der Waals surface area contributed by atoms with Crippen LogP contribution in [0.1, 0.15) is 53.6 Å². The fourth-order valence-electron chi connectivity index (χ4n) is 5.60. The summed E-state index contributed by atoms with van der Waals surface area (Å²) in [6.07, 6.45) is 4.33. The number of hydrogen-bond acceptors (Lipinski definition) is 5. The molecule has 1 aromatic rings. The molecule has 3 heterocycles. The number of imide groups is 1. The summed E-state index contributed by atoms with van der Waals surface area (Å²) in [5.41, 5.74) is 9.04. The molecular weight excluding hydrogens is 356 g/mol. The highest BCUT2D eigenvalue weighted by atomic mass is 16.2. The second-order valence-electron chi connectivity index (χ2n) is 8.64. The van der Waals surface area contributed by atoms with Crippen LogP contribution in [0.4, 0.5) is 0 Å². The van der Waals surface area contributed by atoms with Gasteiger partial charge in [-0.2, -0.15) is 0 Å². The number of rotatable bonds is 4. The van der Waals surface area contributed by atoms with Gasteiger partial charge in [0.1, 0.15) is 6.04 Å². The van der Waals surface area contributed by atoms with E-state index in [0.717, 1.165) is 30.1 Å². The molecule has 28 heavy (non-hydrogen) atoms. The molecular formula is C21H26N4O3. The molecule has 0 bridgehead atoms. The van der Waals surface area contributed by atoms with Crippen LogP contribution < -0.4 is 11.1 Å². The van der Waals surface area contributed by atoms with E-state index in [0.29, 0.717) is 25.1 Å². The lowest BCUT2D eigenvalue weighted by Gasteiger charge is -2.49. The average molecular weight is 382 g/mol. The Morgan fingerprint density at radius 1 is 1.18 bits per heavy atom. The van der Waals surface area contributed by atoms with Crippen LogP contribution in [0.2, 0.25) is 0 Å². The zero-order chi connectivity index (χ0) is 19.5. The highest BCUT2D eigenvalue weighted by molar-refractivity contribution is 6.05. The summed E-state index contributed by atoms with van der Waals surface area (Å²) < 4.78 is 0. The fourth-order valence-corrected chi connectivity index (χ4v) is 5.60. The molecule has 0 radical (unpaired) electrons. The van der Waals surface area contributed by atoms with Crippen molar-refractivity contribution in [2.24, 2.45) is 11.7 Å². The number of fused-ring (bicyclic) bond motifs is 2. The number of likely N-dealkylation sites (tertiary alicyclic amines) is 1.